The molecule has 0 aromatic heterocycles. The molecule has 15 heteroatoms. The Kier molecular flexibility index (Phi) is 17.8. The lowest BCUT2D eigenvalue weighted by Gasteiger charge is -2.13. The van der Waals surface area contributed by atoms with Crippen molar-refractivity contribution in [2.75, 3.05) is 13.2 Å². The Morgan fingerprint density at radius 3 is 1.61 bits per heavy atom. The first-order valence-corrected chi connectivity index (χ1v) is 13.8. The van der Waals surface area contributed by atoms with Crippen LogP contribution in [0.1, 0.15) is 25.0 Å². The van der Waals surface area contributed by atoms with Crippen LogP contribution in [-0.2, 0) is 19.1 Å². The maximum absolute atomic E-state index is 12.6. The summed E-state index contributed by atoms with van der Waals surface area (Å²) in [6, 6.07) is 19.3. The molecule has 0 bridgehead atoms. The van der Waals surface area contributed by atoms with E-state index in [0.717, 1.165) is 11.1 Å². The first-order chi connectivity index (χ1) is 20.8. The number of esters is 2. The first kappa shape index (κ1) is 37.9. The summed E-state index contributed by atoms with van der Waals surface area (Å²) in [4.78, 5) is 36.2. The van der Waals surface area contributed by atoms with Gasteiger partial charge in [-0.3, -0.25) is 0 Å². The lowest BCUT2D eigenvalue weighted by atomic mass is 10.0. The zero-order valence-corrected chi connectivity index (χ0v) is 26.8. The molecule has 234 valence electrons. The second-order valence-electron chi connectivity index (χ2n) is 7.96. The van der Waals surface area contributed by atoms with Crippen molar-refractivity contribution in [1.29, 1.82) is 0 Å². The summed E-state index contributed by atoms with van der Waals surface area (Å²) in [5, 5.41) is 10.2. The Balaban J connectivity index is 0.000000483. The van der Waals surface area contributed by atoms with Crippen LogP contribution in [0, 0.1) is 0 Å². The number of hydrogen-bond acceptors (Lipinski definition) is 11. The molecule has 0 atom stereocenters. The molecule has 2 aliphatic heterocycles. The lowest BCUT2D eigenvalue weighted by Crippen LogP contribution is -2.24. The second-order valence-corrected chi connectivity index (χ2v) is 8.74. The number of nitrogens with one attached hydrogen (secondary N) is 2. The number of carbonyl (C=O) groups is 2. The van der Waals surface area contributed by atoms with Gasteiger partial charge in [0.25, 0.3) is 0 Å². The molecule has 0 amide bonds. The van der Waals surface area contributed by atoms with Gasteiger partial charge in [0.15, 0.2) is 5.70 Å². The van der Waals surface area contributed by atoms with Crippen LogP contribution >= 0.6 is 47.4 Å². The van der Waals surface area contributed by atoms with Crippen molar-refractivity contribution in [3.05, 3.63) is 117 Å². The molecular weight excluding hydrogens is 652 g/mol. The van der Waals surface area contributed by atoms with Gasteiger partial charge in [0.05, 0.1) is 42.7 Å². The molecule has 0 radical (unpaired) electrons. The SMILES string of the molecule is CCOC(=O)/C(N)=C1\C=NC(Cl)=CN1.CCOC(=O)/C(N=C(c1ccccc1)c1ccccc1)=C1\C=NC(Cl)=CN1.Cl.NCl. The van der Waals surface area contributed by atoms with Crippen molar-refractivity contribution >= 4 is 77.5 Å². The molecule has 2 aromatic carbocycles. The van der Waals surface area contributed by atoms with E-state index < -0.39 is 11.9 Å². The summed E-state index contributed by atoms with van der Waals surface area (Å²) in [6.45, 7) is 3.97. The minimum Gasteiger partial charge on any atom is -0.461 e. The number of carbonyl (C=O) groups excluding carboxylic acids is 2. The van der Waals surface area contributed by atoms with Gasteiger partial charge in [-0.25, -0.2) is 29.8 Å². The first-order valence-electron chi connectivity index (χ1n) is 12.7. The van der Waals surface area contributed by atoms with Crippen molar-refractivity contribution < 1.29 is 19.1 Å². The van der Waals surface area contributed by atoms with Crippen molar-refractivity contribution in [3.63, 3.8) is 0 Å². The van der Waals surface area contributed by atoms with Crippen molar-refractivity contribution in [3.8, 4) is 0 Å². The van der Waals surface area contributed by atoms with Crippen LogP contribution in [0.2, 0.25) is 0 Å². The van der Waals surface area contributed by atoms with E-state index in [4.69, 9.17) is 38.4 Å². The van der Waals surface area contributed by atoms with Gasteiger partial charge in [-0.1, -0.05) is 83.9 Å². The average molecular weight is 683 g/mol. The molecule has 0 saturated carbocycles. The van der Waals surface area contributed by atoms with Gasteiger partial charge in [0.2, 0.25) is 0 Å². The third kappa shape index (κ3) is 11.9. The van der Waals surface area contributed by atoms with Gasteiger partial charge in [-0.05, 0) is 25.6 Å². The third-order valence-corrected chi connectivity index (χ3v) is 5.57. The van der Waals surface area contributed by atoms with Crippen LogP contribution in [0.3, 0.4) is 0 Å². The number of aliphatic imine (C=N–C) groups is 3. The van der Waals surface area contributed by atoms with Gasteiger partial charge in [-0.15, -0.1) is 12.4 Å². The van der Waals surface area contributed by atoms with E-state index in [1.165, 1.54) is 24.8 Å². The molecule has 2 aliphatic rings. The molecule has 11 nitrogen and oxygen atoms in total. The highest BCUT2D eigenvalue weighted by Gasteiger charge is 2.19. The Hall–Kier alpha value is -4.13. The van der Waals surface area contributed by atoms with Gasteiger partial charge in [0, 0.05) is 23.5 Å². The van der Waals surface area contributed by atoms with Crippen LogP contribution < -0.4 is 21.6 Å². The number of rotatable bonds is 7. The van der Waals surface area contributed by atoms with E-state index in [1.54, 1.807) is 13.8 Å². The molecule has 0 spiro atoms. The predicted molar refractivity (Wildman–Crippen MR) is 178 cm³/mol. The minimum absolute atomic E-state index is 0. The van der Waals surface area contributed by atoms with Gasteiger partial charge in [0.1, 0.15) is 16.0 Å². The quantitative estimate of drug-likeness (QED) is 0.105. The fourth-order valence-electron chi connectivity index (χ4n) is 3.29. The second kappa shape index (κ2) is 20.7. The molecule has 0 fully saturated rings. The largest absolute Gasteiger partial charge is 0.461 e. The Bertz CT molecular complexity index is 1430. The van der Waals surface area contributed by atoms with Crippen LogP contribution in [0.15, 0.2) is 121 Å². The highest BCUT2D eigenvalue weighted by molar-refractivity contribution is 6.30. The zero-order chi connectivity index (χ0) is 31.6. The number of allylic oxidation sites excluding steroid dienone is 2. The standard InChI is InChI=1S/C21H18ClN3O2.C8H10ClN3O2.ClH2N.ClH/c1-2-27-21(26)20(17-13-24-18(22)14-23-17)25-19(15-9-5-3-6-10-15)16-11-7-4-8-12-16;1-2-14-8(13)7(10)5-3-12-6(9)4-11-5;1-2;/h3-14,23H,2H2,1H3;3-4,11H,2,10H2,1H3;2H2;1H/b20-17-;7-5-;;. The maximum Gasteiger partial charge on any atom is 0.359 e. The van der Waals surface area contributed by atoms with Crippen molar-refractivity contribution in [2.24, 2.45) is 26.0 Å². The van der Waals surface area contributed by atoms with Crippen molar-refractivity contribution in [1.82, 2.24) is 10.6 Å². The Morgan fingerprint density at radius 2 is 1.20 bits per heavy atom. The number of halogens is 4. The topological polar surface area (TPSA) is 166 Å². The minimum atomic E-state index is -0.576. The summed E-state index contributed by atoms with van der Waals surface area (Å²) in [5.74, 6) is -1.12. The number of ether oxygens (including phenoxy) is 2. The van der Waals surface area contributed by atoms with Crippen LogP contribution in [0.25, 0.3) is 0 Å². The molecule has 2 heterocycles. The van der Waals surface area contributed by atoms with Gasteiger partial charge >= 0.3 is 11.9 Å². The lowest BCUT2D eigenvalue weighted by molar-refractivity contribution is -0.139. The summed E-state index contributed by atoms with van der Waals surface area (Å²) in [7, 11) is 0. The molecule has 0 unspecified atom stereocenters. The summed E-state index contributed by atoms with van der Waals surface area (Å²) in [6.07, 6.45) is 5.76. The molecule has 6 N–H and O–H groups in total. The van der Waals surface area contributed by atoms with Crippen molar-refractivity contribution in [2.45, 2.75) is 13.8 Å². The predicted octanol–water partition coefficient (Wildman–Crippen LogP) is 4.96. The molecule has 4 rings (SSSR count). The van der Waals surface area contributed by atoms with Crippen LogP contribution in [0.4, 0.5) is 0 Å². The van der Waals surface area contributed by atoms with E-state index in [0.29, 0.717) is 22.3 Å². The smallest absolute Gasteiger partial charge is 0.359 e. The number of hydrogen-bond donors (Lipinski definition) is 4. The number of benzene rings is 2. The number of nitrogens with two attached hydrogens (primary N) is 2. The van der Waals surface area contributed by atoms with E-state index in [2.05, 4.69) is 42.6 Å². The number of nitrogens with zero attached hydrogens (tertiary/aromatic N) is 3. The van der Waals surface area contributed by atoms with Crippen LogP contribution in [-0.4, -0.2) is 43.3 Å². The van der Waals surface area contributed by atoms with E-state index in [-0.39, 0.29) is 42.2 Å². The van der Waals surface area contributed by atoms with Gasteiger partial charge in [-0.2, -0.15) is 0 Å². The van der Waals surface area contributed by atoms with Crippen LogP contribution in [0.5, 0.6) is 0 Å². The molecule has 0 saturated heterocycles. The Labute approximate surface area is 276 Å². The molecule has 2 aromatic rings. The average Bonchev–Trinajstić information content (AvgIpc) is 3.04. The molecular formula is C29H31Cl4N7O4. The summed E-state index contributed by atoms with van der Waals surface area (Å²) in [5.41, 5.74) is 8.83. The maximum atomic E-state index is 12.6. The van der Waals surface area contributed by atoms with E-state index in [1.807, 2.05) is 60.7 Å². The van der Waals surface area contributed by atoms with E-state index in [9.17, 15) is 9.59 Å². The molecule has 0 aliphatic carbocycles. The van der Waals surface area contributed by atoms with E-state index >= 15 is 0 Å². The zero-order valence-electron chi connectivity index (χ0n) is 23.7. The fourth-order valence-corrected chi connectivity index (χ4v) is 3.49. The summed E-state index contributed by atoms with van der Waals surface area (Å²) < 4.78 is 9.90. The van der Waals surface area contributed by atoms with Gasteiger partial charge < -0.3 is 25.8 Å². The summed E-state index contributed by atoms with van der Waals surface area (Å²) >= 11 is 15.5. The highest BCUT2D eigenvalue weighted by atomic mass is 35.5. The molecule has 44 heavy (non-hydrogen) atoms. The highest BCUT2D eigenvalue weighted by Crippen LogP contribution is 2.18. The third-order valence-electron chi connectivity index (χ3n) is 5.15. The Morgan fingerprint density at radius 1 is 0.773 bits per heavy atom. The monoisotopic (exact) mass is 681 g/mol. The fraction of sp³-hybridized carbons (Fsp3) is 0.138. The normalized spacial score (nSPS) is 15.0.